The maximum absolute atomic E-state index is 12.4. The summed E-state index contributed by atoms with van der Waals surface area (Å²) in [7, 11) is 1.55. The molecule has 1 aliphatic heterocycles. The molecule has 0 spiro atoms. The van der Waals surface area contributed by atoms with Crippen LogP contribution in [0.1, 0.15) is 43.0 Å². The van der Waals surface area contributed by atoms with Gasteiger partial charge in [-0.05, 0) is 43.0 Å². The molecule has 27 heavy (non-hydrogen) atoms. The average molecular weight is 375 g/mol. The third-order valence-corrected chi connectivity index (χ3v) is 4.99. The molecule has 7 nitrogen and oxygen atoms in total. The third-order valence-electron chi connectivity index (χ3n) is 4.99. The van der Waals surface area contributed by atoms with Gasteiger partial charge in [0.25, 0.3) is 0 Å². The lowest BCUT2D eigenvalue weighted by atomic mass is 9.92. The van der Waals surface area contributed by atoms with Crippen molar-refractivity contribution in [2.24, 2.45) is 11.7 Å². The van der Waals surface area contributed by atoms with Crippen LogP contribution < -0.4 is 15.8 Å². The molecule has 0 radical (unpaired) electrons. The molecule has 148 valence electrons. The van der Waals surface area contributed by atoms with Gasteiger partial charge in [-0.25, -0.2) is 0 Å². The van der Waals surface area contributed by atoms with Crippen molar-refractivity contribution in [3.8, 4) is 5.75 Å². The SMILES string of the molecule is COc1ccc(C(=O)CNC(=O)CCC(=O)N2CCC(C)CC2CN)cc1. The summed E-state index contributed by atoms with van der Waals surface area (Å²) in [5.41, 5.74) is 6.29. The van der Waals surface area contributed by atoms with E-state index in [4.69, 9.17) is 10.5 Å². The second-order valence-corrected chi connectivity index (χ2v) is 7.03. The van der Waals surface area contributed by atoms with Crippen LogP contribution in [-0.4, -0.2) is 55.3 Å². The molecule has 2 unspecified atom stereocenters. The molecule has 1 aliphatic rings. The highest BCUT2D eigenvalue weighted by atomic mass is 16.5. The topological polar surface area (TPSA) is 102 Å². The summed E-state index contributed by atoms with van der Waals surface area (Å²) in [4.78, 5) is 38.3. The van der Waals surface area contributed by atoms with Crippen LogP contribution in [0.4, 0.5) is 0 Å². The van der Waals surface area contributed by atoms with Crippen LogP contribution in [-0.2, 0) is 9.59 Å². The van der Waals surface area contributed by atoms with Crippen LogP contribution in [0.3, 0.4) is 0 Å². The predicted molar refractivity (Wildman–Crippen MR) is 103 cm³/mol. The fraction of sp³-hybridized carbons (Fsp3) is 0.550. The minimum Gasteiger partial charge on any atom is -0.497 e. The molecule has 1 aromatic carbocycles. The van der Waals surface area contributed by atoms with Gasteiger partial charge in [-0.15, -0.1) is 0 Å². The number of hydrogen-bond acceptors (Lipinski definition) is 5. The Balaban J connectivity index is 1.75. The summed E-state index contributed by atoms with van der Waals surface area (Å²) in [5, 5.41) is 2.58. The summed E-state index contributed by atoms with van der Waals surface area (Å²) in [6.45, 7) is 3.21. The molecule has 2 atom stereocenters. The number of methoxy groups -OCH3 is 1. The normalized spacial score (nSPS) is 19.4. The standard InChI is InChI=1S/C20H29N3O4/c1-14-9-10-23(16(11-14)12-21)20(26)8-7-19(25)22-13-18(24)15-3-5-17(27-2)6-4-15/h3-6,14,16H,7-13,21H2,1-2H3,(H,22,25). The van der Waals surface area contributed by atoms with Crippen molar-refractivity contribution in [3.05, 3.63) is 29.8 Å². The molecular formula is C20H29N3O4. The molecular weight excluding hydrogens is 346 g/mol. The number of likely N-dealkylation sites (tertiary alicyclic amines) is 1. The molecule has 7 heteroatoms. The van der Waals surface area contributed by atoms with E-state index in [9.17, 15) is 14.4 Å². The van der Waals surface area contributed by atoms with E-state index in [0.29, 0.717) is 30.3 Å². The Hall–Kier alpha value is -2.41. The van der Waals surface area contributed by atoms with E-state index >= 15 is 0 Å². The largest absolute Gasteiger partial charge is 0.497 e. The molecule has 0 saturated carbocycles. The minimum atomic E-state index is -0.306. The lowest BCUT2D eigenvalue weighted by Crippen LogP contribution is -2.49. The number of nitrogens with two attached hydrogens (primary N) is 1. The Morgan fingerprint density at radius 1 is 1.22 bits per heavy atom. The number of ether oxygens (including phenoxy) is 1. The van der Waals surface area contributed by atoms with E-state index in [2.05, 4.69) is 12.2 Å². The minimum absolute atomic E-state index is 0.0472. The van der Waals surface area contributed by atoms with E-state index < -0.39 is 0 Å². The summed E-state index contributed by atoms with van der Waals surface area (Å²) < 4.78 is 5.05. The number of amides is 2. The van der Waals surface area contributed by atoms with E-state index in [-0.39, 0.29) is 43.0 Å². The van der Waals surface area contributed by atoms with Gasteiger partial charge in [0.1, 0.15) is 5.75 Å². The molecule has 0 bridgehead atoms. The maximum Gasteiger partial charge on any atom is 0.223 e. The van der Waals surface area contributed by atoms with Gasteiger partial charge in [0.2, 0.25) is 11.8 Å². The van der Waals surface area contributed by atoms with Crippen molar-refractivity contribution in [2.75, 3.05) is 26.7 Å². The van der Waals surface area contributed by atoms with Gasteiger partial charge in [0, 0.05) is 37.5 Å². The van der Waals surface area contributed by atoms with Gasteiger partial charge in [-0.1, -0.05) is 6.92 Å². The monoisotopic (exact) mass is 375 g/mol. The first-order valence-electron chi connectivity index (χ1n) is 9.38. The number of Topliss-reactive ketones (excluding diaryl/α,β-unsaturated/α-hetero) is 1. The highest BCUT2D eigenvalue weighted by molar-refractivity contribution is 5.99. The number of ketones is 1. The van der Waals surface area contributed by atoms with E-state index in [1.54, 1.807) is 36.3 Å². The highest BCUT2D eigenvalue weighted by Crippen LogP contribution is 2.22. The Labute approximate surface area is 160 Å². The maximum atomic E-state index is 12.4. The van der Waals surface area contributed by atoms with Crippen LogP contribution in [0, 0.1) is 5.92 Å². The van der Waals surface area contributed by atoms with Gasteiger partial charge in [0.05, 0.1) is 13.7 Å². The Bertz CT molecular complexity index is 660. The van der Waals surface area contributed by atoms with Gasteiger partial charge in [-0.2, -0.15) is 0 Å². The summed E-state index contributed by atoms with van der Waals surface area (Å²) >= 11 is 0. The number of benzene rings is 1. The molecule has 2 amide bonds. The summed E-state index contributed by atoms with van der Waals surface area (Å²) in [6, 6.07) is 6.76. The molecule has 0 aliphatic carbocycles. The zero-order valence-electron chi connectivity index (χ0n) is 16.1. The van der Waals surface area contributed by atoms with Crippen molar-refractivity contribution in [3.63, 3.8) is 0 Å². The van der Waals surface area contributed by atoms with Crippen molar-refractivity contribution >= 4 is 17.6 Å². The number of nitrogens with zero attached hydrogens (tertiary/aromatic N) is 1. The average Bonchev–Trinajstić information content (AvgIpc) is 2.70. The fourth-order valence-electron chi connectivity index (χ4n) is 3.31. The zero-order chi connectivity index (χ0) is 19.8. The summed E-state index contributed by atoms with van der Waals surface area (Å²) in [5.74, 6) is 0.686. The van der Waals surface area contributed by atoms with Crippen molar-refractivity contribution < 1.29 is 19.1 Å². The van der Waals surface area contributed by atoms with Gasteiger partial charge >= 0.3 is 0 Å². The molecule has 1 heterocycles. The molecule has 1 fully saturated rings. The van der Waals surface area contributed by atoms with Crippen LogP contribution in [0.2, 0.25) is 0 Å². The smallest absolute Gasteiger partial charge is 0.223 e. The Morgan fingerprint density at radius 3 is 2.56 bits per heavy atom. The first kappa shape index (κ1) is 20.9. The van der Waals surface area contributed by atoms with Crippen molar-refractivity contribution in [1.29, 1.82) is 0 Å². The fourth-order valence-corrected chi connectivity index (χ4v) is 3.31. The van der Waals surface area contributed by atoms with Gasteiger partial charge in [-0.3, -0.25) is 14.4 Å². The molecule has 1 saturated heterocycles. The number of nitrogens with one attached hydrogen (secondary N) is 1. The quantitative estimate of drug-likeness (QED) is 0.668. The predicted octanol–water partition coefficient (Wildman–Crippen LogP) is 1.36. The van der Waals surface area contributed by atoms with Crippen LogP contribution in [0.15, 0.2) is 24.3 Å². The zero-order valence-corrected chi connectivity index (χ0v) is 16.1. The van der Waals surface area contributed by atoms with Crippen LogP contribution >= 0.6 is 0 Å². The lowest BCUT2D eigenvalue weighted by Gasteiger charge is -2.38. The molecule has 0 aromatic heterocycles. The number of rotatable bonds is 8. The second-order valence-electron chi connectivity index (χ2n) is 7.03. The molecule has 1 aromatic rings. The van der Waals surface area contributed by atoms with Crippen LogP contribution in [0.25, 0.3) is 0 Å². The Morgan fingerprint density at radius 2 is 1.93 bits per heavy atom. The van der Waals surface area contributed by atoms with Crippen molar-refractivity contribution in [2.45, 2.75) is 38.6 Å². The number of piperidine rings is 1. The first-order chi connectivity index (χ1) is 12.9. The number of carbonyl (C=O) groups excluding carboxylic acids is 3. The van der Waals surface area contributed by atoms with E-state index in [0.717, 1.165) is 12.8 Å². The molecule has 2 rings (SSSR count). The second kappa shape index (κ2) is 10.1. The molecule has 3 N–H and O–H groups in total. The number of carbonyl (C=O) groups is 3. The van der Waals surface area contributed by atoms with Gasteiger partial charge < -0.3 is 20.7 Å². The highest BCUT2D eigenvalue weighted by Gasteiger charge is 2.28. The van der Waals surface area contributed by atoms with Crippen molar-refractivity contribution in [1.82, 2.24) is 10.2 Å². The van der Waals surface area contributed by atoms with E-state index in [1.807, 2.05) is 0 Å². The number of hydrogen-bond donors (Lipinski definition) is 2. The Kier molecular flexibility index (Phi) is 7.79. The van der Waals surface area contributed by atoms with E-state index in [1.165, 1.54) is 0 Å². The van der Waals surface area contributed by atoms with Crippen LogP contribution in [0.5, 0.6) is 5.75 Å². The van der Waals surface area contributed by atoms with Gasteiger partial charge in [0.15, 0.2) is 5.78 Å². The lowest BCUT2D eigenvalue weighted by molar-refractivity contribution is -0.137. The third kappa shape index (κ3) is 6.06. The summed E-state index contributed by atoms with van der Waals surface area (Å²) in [6.07, 6.45) is 2.07. The first-order valence-corrected chi connectivity index (χ1v) is 9.38.